The lowest BCUT2D eigenvalue weighted by atomic mass is 9.96. The van der Waals surface area contributed by atoms with Crippen LogP contribution in [0.3, 0.4) is 0 Å². The minimum Gasteiger partial charge on any atom is -0.343 e. The molecule has 2 fully saturated rings. The summed E-state index contributed by atoms with van der Waals surface area (Å²) < 4.78 is 24.8. The third-order valence-corrected chi connectivity index (χ3v) is 6.39. The minimum atomic E-state index is -3.08. The number of hydrogen-bond acceptors (Lipinski definition) is 4. The van der Waals surface area contributed by atoms with Gasteiger partial charge in [0.15, 0.2) is 0 Å². The Kier molecular flexibility index (Phi) is 6.01. The van der Waals surface area contributed by atoms with Gasteiger partial charge in [-0.2, -0.15) is 0 Å². The highest BCUT2D eigenvalue weighted by atomic mass is 32.2. The van der Waals surface area contributed by atoms with Gasteiger partial charge in [0.25, 0.3) is 0 Å². The molecule has 2 aliphatic heterocycles. The second-order valence-electron chi connectivity index (χ2n) is 5.95. The first-order chi connectivity index (χ1) is 10.0. The molecular formula is C14H27N3O3S. The number of hydrogen-bond donors (Lipinski definition) is 1. The molecule has 0 atom stereocenters. The average Bonchev–Trinajstić information content (AvgIpc) is 2.82. The van der Waals surface area contributed by atoms with Gasteiger partial charge >= 0.3 is 0 Å². The Hall–Kier alpha value is -0.660. The summed E-state index contributed by atoms with van der Waals surface area (Å²) in [5, 5.41) is 3.36. The molecule has 2 rings (SSSR count). The zero-order chi connectivity index (χ0) is 15.3. The molecule has 122 valence electrons. The van der Waals surface area contributed by atoms with Gasteiger partial charge in [0.1, 0.15) is 0 Å². The molecule has 0 aromatic rings. The van der Waals surface area contributed by atoms with E-state index in [0.717, 1.165) is 39.0 Å². The third kappa shape index (κ3) is 4.66. The van der Waals surface area contributed by atoms with Crippen molar-refractivity contribution in [1.29, 1.82) is 0 Å². The summed E-state index contributed by atoms with van der Waals surface area (Å²) in [6, 6.07) is 0. The maximum absolute atomic E-state index is 12.2. The van der Waals surface area contributed by atoms with Crippen LogP contribution in [0.1, 0.15) is 32.6 Å². The van der Waals surface area contributed by atoms with Crippen LogP contribution in [0.2, 0.25) is 0 Å². The average molecular weight is 317 g/mol. The van der Waals surface area contributed by atoms with Crippen molar-refractivity contribution >= 4 is 15.9 Å². The van der Waals surface area contributed by atoms with Gasteiger partial charge in [-0.15, -0.1) is 0 Å². The number of nitrogens with zero attached hydrogens (tertiary/aromatic N) is 2. The summed E-state index contributed by atoms with van der Waals surface area (Å²) in [5.74, 6) is 0.990. The van der Waals surface area contributed by atoms with Crippen LogP contribution in [0.25, 0.3) is 0 Å². The predicted molar refractivity (Wildman–Crippen MR) is 82.4 cm³/mol. The van der Waals surface area contributed by atoms with E-state index >= 15 is 0 Å². The molecule has 0 bridgehead atoms. The number of piperidine rings is 1. The Morgan fingerprint density at radius 3 is 2.52 bits per heavy atom. The molecule has 7 heteroatoms. The van der Waals surface area contributed by atoms with E-state index in [4.69, 9.17) is 0 Å². The number of rotatable bonds is 6. The van der Waals surface area contributed by atoms with Crippen molar-refractivity contribution in [2.24, 2.45) is 5.92 Å². The lowest BCUT2D eigenvalue weighted by Crippen LogP contribution is -2.42. The molecule has 1 N–H and O–H groups in total. The number of amides is 1. The van der Waals surface area contributed by atoms with E-state index in [2.05, 4.69) is 12.2 Å². The van der Waals surface area contributed by atoms with Gasteiger partial charge in [-0.05, 0) is 38.3 Å². The smallest absolute Gasteiger partial charge is 0.223 e. The Bertz CT molecular complexity index is 444. The van der Waals surface area contributed by atoms with Crippen molar-refractivity contribution in [3.63, 3.8) is 0 Å². The minimum absolute atomic E-state index is 0.0963. The number of sulfonamides is 1. The standard InChI is InChI=1S/C14H27N3O3S/c1-2-15-12-13-4-8-16(9-5-13)14(18)6-10-17-7-3-11-21(17,19)20/h13,15H,2-12H2,1H3. The molecule has 0 radical (unpaired) electrons. The summed E-state index contributed by atoms with van der Waals surface area (Å²) in [6.45, 7) is 6.65. The van der Waals surface area contributed by atoms with Crippen LogP contribution in [0.15, 0.2) is 0 Å². The van der Waals surface area contributed by atoms with Gasteiger partial charge in [-0.3, -0.25) is 4.79 Å². The van der Waals surface area contributed by atoms with Gasteiger partial charge < -0.3 is 10.2 Å². The maximum Gasteiger partial charge on any atom is 0.223 e. The summed E-state index contributed by atoms with van der Waals surface area (Å²) in [5.41, 5.74) is 0. The number of carbonyl (C=O) groups is 1. The molecule has 21 heavy (non-hydrogen) atoms. The maximum atomic E-state index is 12.2. The van der Waals surface area contributed by atoms with Crippen LogP contribution < -0.4 is 5.32 Å². The number of nitrogens with one attached hydrogen (secondary N) is 1. The van der Waals surface area contributed by atoms with Gasteiger partial charge in [0.2, 0.25) is 15.9 Å². The molecule has 1 amide bonds. The molecule has 2 aliphatic rings. The molecular weight excluding hydrogens is 290 g/mol. The molecule has 0 aromatic carbocycles. The first kappa shape index (κ1) is 16.7. The van der Waals surface area contributed by atoms with E-state index in [9.17, 15) is 13.2 Å². The van der Waals surface area contributed by atoms with Crippen molar-refractivity contribution in [2.45, 2.75) is 32.6 Å². The van der Waals surface area contributed by atoms with Crippen LogP contribution in [0.4, 0.5) is 0 Å². The highest BCUT2D eigenvalue weighted by molar-refractivity contribution is 7.89. The molecule has 2 heterocycles. The van der Waals surface area contributed by atoms with E-state index in [1.807, 2.05) is 4.90 Å². The second kappa shape index (κ2) is 7.56. The number of carbonyl (C=O) groups excluding carboxylic acids is 1. The van der Waals surface area contributed by atoms with Gasteiger partial charge in [0.05, 0.1) is 5.75 Å². The van der Waals surface area contributed by atoms with Crippen molar-refractivity contribution in [1.82, 2.24) is 14.5 Å². The van der Waals surface area contributed by atoms with Gasteiger partial charge in [-0.1, -0.05) is 6.92 Å². The fraction of sp³-hybridized carbons (Fsp3) is 0.929. The zero-order valence-corrected chi connectivity index (χ0v) is 13.7. The van der Waals surface area contributed by atoms with E-state index in [1.54, 1.807) is 0 Å². The fourth-order valence-electron chi connectivity index (χ4n) is 3.06. The Labute approximate surface area is 127 Å². The second-order valence-corrected chi connectivity index (χ2v) is 8.04. The van der Waals surface area contributed by atoms with E-state index < -0.39 is 10.0 Å². The summed E-state index contributed by atoms with van der Waals surface area (Å²) in [7, 11) is -3.08. The largest absolute Gasteiger partial charge is 0.343 e. The lowest BCUT2D eigenvalue weighted by molar-refractivity contribution is -0.132. The van der Waals surface area contributed by atoms with Gasteiger partial charge in [0, 0.05) is 32.6 Å². The van der Waals surface area contributed by atoms with Gasteiger partial charge in [-0.25, -0.2) is 12.7 Å². The Morgan fingerprint density at radius 1 is 1.24 bits per heavy atom. The topological polar surface area (TPSA) is 69.7 Å². The highest BCUT2D eigenvalue weighted by Gasteiger charge is 2.29. The van der Waals surface area contributed by atoms with E-state index in [0.29, 0.717) is 31.8 Å². The van der Waals surface area contributed by atoms with Crippen LogP contribution in [-0.2, 0) is 14.8 Å². The monoisotopic (exact) mass is 317 g/mol. The van der Waals surface area contributed by atoms with Crippen LogP contribution in [-0.4, -0.2) is 68.6 Å². The predicted octanol–water partition coefficient (Wildman–Crippen LogP) is 0.260. The Balaban J connectivity index is 1.70. The van der Waals surface area contributed by atoms with Crippen molar-refractivity contribution in [2.75, 3.05) is 45.0 Å². The van der Waals surface area contributed by atoms with Crippen LogP contribution in [0, 0.1) is 5.92 Å². The molecule has 0 aromatic heterocycles. The quantitative estimate of drug-likeness (QED) is 0.763. The number of likely N-dealkylation sites (tertiary alicyclic amines) is 1. The molecule has 6 nitrogen and oxygen atoms in total. The zero-order valence-electron chi connectivity index (χ0n) is 12.9. The molecule has 0 saturated carbocycles. The lowest BCUT2D eigenvalue weighted by Gasteiger charge is -2.32. The summed E-state index contributed by atoms with van der Waals surface area (Å²) in [6.07, 6.45) is 3.09. The molecule has 0 unspecified atom stereocenters. The van der Waals surface area contributed by atoms with Crippen molar-refractivity contribution < 1.29 is 13.2 Å². The fourth-order valence-corrected chi connectivity index (χ4v) is 4.58. The normalized spacial score (nSPS) is 23.6. The van der Waals surface area contributed by atoms with E-state index in [-0.39, 0.29) is 11.7 Å². The third-order valence-electron chi connectivity index (χ3n) is 4.43. The Morgan fingerprint density at radius 2 is 1.95 bits per heavy atom. The first-order valence-corrected chi connectivity index (χ1v) is 9.60. The van der Waals surface area contributed by atoms with Crippen LogP contribution in [0.5, 0.6) is 0 Å². The first-order valence-electron chi connectivity index (χ1n) is 7.99. The molecule has 0 spiro atoms. The van der Waals surface area contributed by atoms with Crippen molar-refractivity contribution in [3.05, 3.63) is 0 Å². The summed E-state index contributed by atoms with van der Waals surface area (Å²) in [4.78, 5) is 14.1. The van der Waals surface area contributed by atoms with Crippen molar-refractivity contribution in [3.8, 4) is 0 Å². The SMILES string of the molecule is CCNCC1CCN(C(=O)CCN2CCCS2(=O)=O)CC1. The highest BCUT2D eigenvalue weighted by Crippen LogP contribution is 2.18. The molecule has 2 saturated heterocycles. The molecule has 0 aliphatic carbocycles. The van der Waals surface area contributed by atoms with Crippen LogP contribution >= 0.6 is 0 Å². The summed E-state index contributed by atoms with van der Waals surface area (Å²) >= 11 is 0. The van der Waals surface area contributed by atoms with E-state index in [1.165, 1.54) is 4.31 Å².